The van der Waals surface area contributed by atoms with Crippen LogP contribution in [0.1, 0.15) is 16.1 Å². The van der Waals surface area contributed by atoms with Gasteiger partial charge in [0.15, 0.2) is 17.2 Å². The maximum atomic E-state index is 12.6. The van der Waals surface area contributed by atoms with Crippen LogP contribution in [0.2, 0.25) is 10.0 Å². The topological polar surface area (TPSA) is 107 Å². The molecule has 0 atom stereocenters. The lowest BCUT2D eigenvalue weighted by atomic mass is 10.2. The van der Waals surface area contributed by atoms with Gasteiger partial charge in [-0.25, -0.2) is 19.3 Å². The molecule has 0 bridgehead atoms. The zero-order valence-electron chi connectivity index (χ0n) is 14.5. The zero-order valence-corrected chi connectivity index (χ0v) is 16.0. The Morgan fingerprint density at radius 3 is 2.57 bits per heavy atom. The lowest BCUT2D eigenvalue weighted by Gasteiger charge is -2.07. The molecule has 3 N–H and O–H groups in total. The van der Waals surface area contributed by atoms with Gasteiger partial charge in [-0.2, -0.15) is 0 Å². The van der Waals surface area contributed by atoms with Gasteiger partial charge in [-0.1, -0.05) is 35.3 Å². The summed E-state index contributed by atoms with van der Waals surface area (Å²) in [7, 11) is 0. The zero-order chi connectivity index (χ0) is 20.0. The van der Waals surface area contributed by atoms with Crippen molar-refractivity contribution < 1.29 is 4.79 Å². The predicted octanol–water partition coefficient (Wildman–Crippen LogP) is 3.49. The van der Waals surface area contributed by atoms with Crippen LogP contribution in [0, 0.1) is 6.92 Å². The molecule has 0 spiro atoms. The summed E-state index contributed by atoms with van der Waals surface area (Å²) in [6, 6.07) is 12.2. The number of hydrogen-bond donors (Lipinski definition) is 2. The number of amides is 1. The minimum atomic E-state index is -0.786. The van der Waals surface area contributed by atoms with Crippen molar-refractivity contribution in [2.45, 2.75) is 6.92 Å². The largest absolute Gasteiger partial charge is 0.364 e. The van der Waals surface area contributed by atoms with Crippen molar-refractivity contribution in [1.29, 1.82) is 0 Å². The Morgan fingerprint density at radius 2 is 1.89 bits per heavy atom. The third-order valence-electron chi connectivity index (χ3n) is 4.21. The molecule has 0 aliphatic rings. The normalized spacial score (nSPS) is 11.1. The summed E-state index contributed by atoms with van der Waals surface area (Å²) in [5.74, 6) is -0.591. The second-order valence-corrected chi connectivity index (χ2v) is 7.01. The van der Waals surface area contributed by atoms with Crippen molar-refractivity contribution >= 4 is 40.3 Å². The standard InChI is InChI=1S/C19H13Cl2N5O2/c1-9-3-2-4-11(7-9)26-18-15(24-19(26)28)14(16(22)27)23-17(25-18)10-5-6-12(20)13(21)8-10/h2-8H,1H3,(H2,22,27)(H,24,28). The fourth-order valence-electron chi connectivity index (χ4n) is 2.93. The van der Waals surface area contributed by atoms with Crippen molar-refractivity contribution in [1.82, 2.24) is 19.5 Å². The molecule has 0 saturated carbocycles. The van der Waals surface area contributed by atoms with E-state index >= 15 is 0 Å². The maximum Gasteiger partial charge on any atom is 0.332 e. The van der Waals surface area contributed by atoms with Gasteiger partial charge < -0.3 is 10.7 Å². The number of aryl methyl sites for hydroxylation is 1. The van der Waals surface area contributed by atoms with Crippen LogP contribution < -0.4 is 11.4 Å². The lowest BCUT2D eigenvalue weighted by Crippen LogP contribution is -2.15. The third kappa shape index (κ3) is 3.04. The van der Waals surface area contributed by atoms with Crippen LogP contribution in [-0.2, 0) is 0 Å². The first-order valence-electron chi connectivity index (χ1n) is 8.20. The number of H-pyrrole nitrogens is 1. The predicted molar refractivity (Wildman–Crippen MR) is 108 cm³/mol. The number of nitrogens with two attached hydrogens (primary N) is 1. The molecule has 2 aromatic carbocycles. The number of fused-ring (bicyclic) bond motifs is 1. The summed E-state index contributed by atoms with van der Waals surface area (Å²) in [5.41, 5.74) is 7.46. The molecule has 4 rings (SSSR count). The summed E-state index contributed by atoms with van der Waals surface area (Å²) < 4.78 is 1.37. The second-order valence-electron chi connectivity index (χ2n) is 6.19. The highest BCUT2D eigenvalue weighted by molar-refractivity contribution is 6.42. The van der Waals surface area contributed by atoms with Crippen molar-refractivity contribution in [3.63, 3.8) is 0 Å². The van der Waals surface area contributed by atoms with Crippen LogP contribution >= 0.6 is 23.2 Å². The van der Waals surface area contributed by atoms with Gasteiger partial charge in [0.25, 0.3) is 5.91 Å². The van der Waals surface area contributed by atoms with E-state index < -0.39 is 11.6 Å². The molecule has 0 radical (unpaired) electrons. The van der Waals surface area contributed by atoms with E-state index in [9.17, 15) is 9.59 Å². The number of rotatable bonds is 3. The Morgan fingerprint density at radius 1 is 1.11 bits per heavy atom. The Hall–Kier alpha value is -3.16. The Balaban J connectivity index is 2.06. The number of nitrogens with zero attached hydrogens (tertiary/aromatic N) is 3. The van der Waals surface area contributed by atoms with Gasteiger partial charge in [0.2, 0.25) is 0 Å². The third-order valence-corrected chi connectivity index (χ3v) is 4.95. The van der Waals surface area contributed by atoms with E-state index in [0.717, 1.165) is 5.56 Å². The van der Waals surface area contributed by atoms with E-state index in [0.29, 0.717) is 21.3 Å². The monoisotopic (exact) mass is 413 g/mol. The van der Waals surface area contributed by atoms with Gasteiger partial charge in [-0.3, -0.25) is 4.79 Å². The summed E-state index contributed by atoms with van der Waals surface area (Å²) in [6.07, 6.45) is 0. The molecule has 28 heavy (non-hydrogen) atoms. The number of imidazole rings is 1. The van der Waals surface area contributed by atoms with E-state index in [-0.39, 0.29) is 22.7 Å². The van der Waals surface area contributed by atoms with Crippen molar-refractivity contribution in [3.05, 3.63) is 74.3 Å². The van der Waals surface area contributed by atoms with Gasteiger partial charge in [0.1, 0.15) is 5.52 Å². The molecule has 0 fully saturated rings. The molecule has 2 aromatic heterocycles. The quantitative estimate of drug-likeness (QED) is 0.535. The number of aromatic nitrogens is 4. The molecular weight excluding hydrogens is 401 g/mol. The SMILES string of the molecule is Cc1cccc(-n2c(=O)[nH]c3c(C(N)=O)nc(-c4ccc(Cl)c(Cl)c4)nc32)c1. The van der Waals surface area contributed by atoms with E-state index in [1.807, 2.05) is 25.1 Å². The summed E-state index contributed by atoms with van der Waals surface area (Å²) in [6.45, 7) is 1.91. The minimum absolute atomic E-state index is 0.0884. The summed E-state index contributed by atoms with van der Waals surface area (Å²) in [5, 5.41) is 0.688. The van der Waals surface area contributed by atoms with Crippen LogP contribution in [-0.4, -0.2) is 25.4 Å². The summed E-state index contributed by atoms with van der Waals surface area (Å²) in [4.78, 5) is 36.0. The molecule has 2 heterocycles. The van der Waals surface area contributed by atoms with Crippen molar-refractivity contribution in [2.75, 3.05) is 0 Å². The van der Waals surface area contributed by atoms with Crippen molar-refractivity contribution in [3.8, 4) is 17.1 Å². The van der Waals surface area contributed by atoms with Gasteiger partial charge >= 0.3 is 5.69 Å². The molecule has 0 aliphatic heterocycles. The second kappa shape index (κ2) is 6.78. The van der Waals surface area contributed by atoms with Crippen LogP contribution in [0.3, 0.4) is 0 Å². The molecule has 1 amide bonds. The molecule has 140 valence electrons. The number of hydrogen-bond acceptors (Lipinski definition) is 4. The van der Waals surface area contributed by atoms with Crippen LogP contribution in [0.25, 0.3) is 28.2 Å². The number of carbonyl (C=O) groups excluding carboxylic acids is 1. The highest BCUT2D eigenvalue weighted by Crippen LogP contribution is 2.28. The molecular formula is C19H13Cl2N5O2. The number of halogens is 2. The average molecular weight is 414 g/mol. The Bertz CT molecular complexity index is 1310. The Kier molecular flexibility index (Phi) is 4.41. The van der Waals surface area contributed by atoms with Gasteiger partial charge in [0, 0.05) is 5.56 Å². The van der Waals surface area contributed by atoms with Crippen LogP contribution in [0.5, 0.6) is 0 Å². The first-order chi connectivity index (χ1) is 13.3. The lowest BCUT2D eigenvalue weighted by molar-refractivity contribution is 0.0997. The fourth-order valence-corrected chi connectivity index (χ4v) is 3.23. The van der Waals surface area contributed by atoms with Crippen molar-refractivity contribution in [2.24, 2.45) is 5.73 Å². The number of benzene rings is 2. The van der Waals surface area contributed by atoms with Crippen LogP contribution in [0.15, 0.2) is 47.3 Å². The molecule has 0 aliphatic carbocycles. The van der Waals surface area contributed by atoms with Gasteiger partial charge in [0.05, 0.1) is 15.7 Å². The van der Waals surface area contributed by atoms with E-state index in [2.05, 4.69) is 15.0 Å². The van der Waals surface area contributed by atoms with Crippen LogP contribution in [0.4, 0.5) is 0 Å². The number of carbonyl (C=O) groups is 1. The fraction of sp³-hybridized carbons (Fsp3) is 0.0526. The molecule has 9 heteroatoms. The highest BCUT2D eigenvalue weighted by Gasteiger charge is 2.20. The van der Waals surface area contributed by atoms with E-state index in [4.69, 9.17) is 28.9 Å². The molecule has 0 unspecified atom stereocenters. The highest BCUT2D eigenvalue weighted by atomic mass is 35.5. The number of primary amides is 1. The minimum Gasteiger partial charge on any atom is -0.364 e. The first-order valence-corrected chi connectivity index (χ1v) is 8.96. The number of nitrogens with one attached hydrogen (secondary N) is 1. The van der Waals surface area contributed by atoms with E-state index in [1.165, 1.54) is 4.57 Å². The summed E-state index contributed by atoms with van der Waals surface area (Å²) >= 11 is 12.1. The first kappa shape index (κ1) is 18.2. The number of aromatic amines is 1. The molecule has 7 nitrogen and oxygen atoms in total. The van der Waals surface area contributed by atoms with Gasteiger partial charge in [-0.15, -0.1) is 0 Å². The van der Waals surface area contributed by atoms with E-state index in [1.54, 1.807) is 24.3 Å². The molecule has 0 saturated heterocycles. The average Bonchev–Trinajstić information content (AvgIpc) is 2.98. The molecule has 4 aromatic rings. The Labute approximate surface area is 168 Å². The van der Waals surface area contributed by atoms with Gasteiger partial charge in [-0.05, 0) is 42.8 Å². The smallest absolute Gasteiger partial charge is 0.332 e. The maximum absolute atomic E-state index is 12.6.